The van der Waals surface area contributed by atoms with E-state index in [0.29, 0.717) is 17.9 Å². The Morgan fingerprint density at radius 1 is 1.04 bits per heavy atom. The Morgan fingerprint density at radius 3 is 2.42 bits per heavy atom. The third kappa shape index (κ3) is 4.93. The van der Waals surface area contributed by atoms with Crippen molar-refractivity contribution in [1.29, 1.82) is 0 Å². The van der Waals surface area contributed by atoms with Crippen LogP contribution in [-0.2, 0) is 11.2 Å². The summed E-state index contributed by atoms with van der Waals surface area (Å²) in [4.78, 5) is 12.4. The number of rotatable bonds is 8. The van der Waals surface area contributed by atoms with E-state index in [1.807, 2.05) is 50.2 Å². The zero-order chi connectivity index (χ0) is 17.4. The maximum Gasteiger partial charge on any atom is 0.343 e. The first kappa shape index (κ1) is 18.2. The Balaban J connectivity index is 2.07. The van der Waals surface area contributed by atoms with Crippen LogP contribution in [0.2, 0.25) is 0 Å². The zero-order valence-corrected chi connectivity index (χ0v) is 14.7. The van der Waals surface area contributed by atoms with Crippen molar-refractivity contribution in [2.45, 2.75) is 46.1 Å². The average molecular weight is 326 g/mol. The second-order valence-electron chi connectivity index (χ2n) is 5.82. The van der Waals surface area contributed by atoms with Crippen molar-refractivity contribution < 1.29 is 14.3 Å². The number of esters is 1. The summed E-state index contributed by atoms with van der Waals surface area (Å²) < 4.78 is 11.2. The van der Waals surface area contributed by atoms with Crippen molar-refractivity contribution in [2.75, 3.05) is 6.61 Å². The maximum absolute atomic E-state index is 12.4. The summed E-state index contributed by atoms with van der Waals surface area (Å²) in [5, 5.41) is 0. The molecule has 2 aromatic carbocycles. The number of para-hydroxylation sites is 1. The molecule has 0 saturated carbocycles. The molecule has 24 heavy (non-hydrogen) atoms. The minimum absolute atomic E-state index is 0.0230. The van der Waals surface area contributed by atoms with Crippen molar-refractivity contribution in [3.63, 3.8) is 0 Å². The van der Waals surface area contributed by atoms with Gasteiger partial charge in [-0.15, -0.1) is 0 Å². The van der Waals surface area contributed by atoms with E-state index in [2.05, 4.69) is 6.92 Å². The molecule has 1 unspecified atom stereocenters. The van der Waals surface area contributed by atoms with Crippen LogP contribution in [0.25, 0.3) is 0 Å². The lowest BCUT2D eigenvalue weighted by Crippen LogP contribution is -2.10. The Labute approximate surface area is 144 Å². The summed E-state index contributed by atoms with van der Waals surface area (Å²) >= 11 is 0. The van der Waals surface area contributed by atoms with Crippen molar-refractivity contribution in [3.05, 3.63) is 65.2 Å². The molecule has 0 aliphatic heterocycles. The number of carbonyl (C=O) groups is 1. The summed E-state index contributed by atoms with van der Waals surface area (Å²) in [6.45, 7) is 6.79. The summed E-state index contributed by atoms with van der Waals surface area (Å²) in [5.74, 6) is 0.331. The van der Waals surface area contributed by atoms with Crippen LogP contribution >= 0.6 is 0 Å². The molecule has 0 radical (unpaired) electrons. The topological polar surface area (TPSA) is 35.5 Å². The van der Waals surface area contributed by atoms with Crippen molar-refractivity contribution in [1.82, 2.24) is 0 Å². The third-order valence-corrected chi connectivity index (χ3v) is 4.01. The van der Waals surface area contributed by atoms with Gasteiger partial charge in [0.2, 0.25) is 0 Å². The zero-order valence-electron chi connectivity index (χ0n) is 14.7. The molecule has 3 nitrogen and oxygen atoms in total. The fraction of sp³-hybridized carbons (Fsp3) is 0.381. The van der Waals surface area contributed by atoms with E-state index in [0.717, 1.165) is 30.4 Å². The Morgan fingerprint density at radius 2 is 1.75 bits per heavy atom. The maximum atomic E-state index is 12.4. The monoisotopic (exact) mass is 326 g/mol. The lowest BCUT2D eigenvalue weighted by atomic mass is 10.1. The smallest absolute Gasteiger partial charge is 0.343 e. The normalized spacial score (nSPS) is 12.0. The van der Waals surface area contributed by atoms with Crippen LogP contribution in [0.3, 0.4) is 0 Å². The van der Waals surface area contributed by atoms with Crippen LogP contribution in [-0.4, -0.2) is 12.6 Å². The molecule has 0 aliphatic rings. The van der Waals surface area contributed by atoms with E-state index >= 15 is 0 Å². The highest BCUT2D eigenvalue weighted by atomic mass is 16.5. The lowest BCUT2D eigenvalue weighted by molar-refractivity contribution is 0.0727. The quantitative estimate of drug-likeness (QED) is 0.485. The first-order valence-corrected chi connectivity index (χ1v) is 8.67. The van der Waals surface area contributed by atoms with E-state index in [-0.39, 0.29) is 12.1 Å². The van der Waals surface area contributed by atoms with Crippen LogP contribution in [0.1, 0.15) is 61.2 Å². The summed E-state index contributed by atoms with van der Waals surface area (Å²) in [6, 6.07) is 15.2. The molecule has 0 bridgehead atoms. The Kier molecular flexibility index (Phi) is 7.01. The molecule has 0 aliphatic carbocycles. The summed E-state index contributed by atoms with van der Waals surface area (Å²) in [6.07, 6.45) is 3.14. The number of ether oxygens (including phenoxy) is 2. The molecule has 128 valence electrons. The van der Waals surface area contributed by atoms with Gasteiger partial charge < -0.3 is 9.47 Å². The van der Waals surface area contributed by atoms with Crippen molar-refractivity contribution in [2.24, 2.45) is 0 Å². The molecule has 2 aromatic rings. The molecular weight excluding hydrogens is 300 g/mol. The van der Waals surface area contributed by atoms with Gasteiger partial charge in [0.15, 0.2) is 0 Å². The number of carbonyl (C=O) groups excluding carboxylic acids is 1. The molecule has 0 spiro atoms. The first-order valence-electron chi connectivity index (χ1n) is 8.67. The van der Waals surface area contributed by atoms with E-state index in [1.54, 1.807) is 12.1 Å². The number of aryl methyl sites for hydroxylation is 1. The Bertz CT molecular complexity index is 646. The molecule has 3 heteroatoms. The Hall–Kier alpha value is -2.13. The highest BCUT2D eigenvalue weighted by molar-refractivity contribution is 5.91. The fourth-order valence-corrected chi connectivity index (χ4v) is 2.57. The van der Waals surface area contributed by atoms with Gasteiger partial charge in [-0.25, -0.2) is 4.79 Å². The molecule has 0 fully saturated rings. The van der Waals surface area contributed by atoms with E-state index in [4.69, 9.17) is 9.47 Å². The van der Waals surface area contributed by atoms with Crippen LogP contribution < -0.4 is 4.74 Å². The minimum Gasteiger partial charge on any atom is -0.423 e. The molecule has 0 N–H and O–H groups in total. The van der Waals surface area contributed by atoms with Crippen molar-refractivity contribution in [3.8, 4) is 5.75 Å². The molecule has 0 aromatic heterocycles. The predicted molar refractivity (Wildman–Crippen MR) is 96.5 cm³/mol. The van der Waals surface area contributed by atoms with E-state index in [9.17, 15) is 4.79 Å². The van der Waals surface area contributed by atoms with Gasteiger partial charge in [0.25, 0.3) is 0 Å². The van der Waals surface area contributed by atoms with Crippen LogP contribution in [0.4, 0.5) is 0 Å². The van der Waals surface area contributed by atoms with Crippen LogP contribution in [0, 0.1) is 0 Å². The molecule has 0 heterocycles. The van der Waals surface area contributed by atoms with Gasteiger partial charge >= 0.3 is 5.97 Å². The largest absolute Gasteiger partial charge is 0.423 e. The standard InChI is InChI=1S/C21H26O3/c1-4-6-9-18-10-7-8-11-20(18)24-21(22)19-14-12-17(13-15-19)16(3)23-5-2/h7-8,10-16H,4-6,9H2,1-3H3. The van der Waals surface area contributed by atoms with Crippen LogP contribution in [0.5, 0.6) is 5.75 Å². The van der Waals surface area contributed by atoms with Gasteiger partial charge in [-0.1, -0.05) is 43.7 Å². The summed E-state index contributed by atoms with van der Waals surface area (Å²) in [7, 11) is 0. The van der Waals surface area contributed by atoms with Gasteiger partial charge in [0.1, 0.15) is 5.75 Å². The van der Waals surface area contributed by atoms with Gasteiger partial charge in [-0.3, -0.25) is 0 Å². The van der Waals surface area contributed by atoms with Gasteiger partial charge in [0.05, 0.1) is 11.7 Å². The number of hydrogen-bond donors (Lipinski definition) is 0. The second-order valence-corrected chi connectivity index (χ2v) is 5.82. The van der Waals surface area contributed by atoms with E-state index < -0.39 is 0 Å². The highest BCUT2D eigenvalue weighted by Gasteiger charge is 2.12. The highest BCUT2D eigenvalue weighted by Crippen LogP contribution is 2.22. The van der Waals surface area contributed by atoms with Gasteiger partial charge in [0, 0.05) is 6.61 Å². The fourth-order valence-electron chi connectivity index (χ4n) is 2.57. The van der Waals surface area contributed by atoms with E-state index in [1.165, 1.54) is 0 Å². The first-order chi connectivity index (χ1) is 11.7. The molecule has 0 amide bonds. The average Bonchev–Trinajstić information content (AvgIpc) is 2.61. The van der Waals surface area contributed by atoms with Crippen LogP contribution in [0.15, 0.2) is 48.5 Å². The number of hydrogen-bond acceptors (Lipinski definition) is 3. The molecule has 2 rings (SSSR count). The summed E-state index contributed by atoms with van der Waals surface area (Å²) in [5.41, 5.74) is 2.68. The van der Waals surface area contributed by atoms with Crippen molar-refractivity contribution >= 4 is 5.97 Å². The lowest BCUT2D eigenvalue weighted by Gasteiger charge is -2.13. The second kappa shape index (κ2) is 9.24. The SMILES string of the molecule is CCCCc1ccccc1OC(=O)c1ccc(C(C)OCC)cc1. The minimum atomic E-state index is -0.324. The third-order valence-electron chi connectivity index (χ3n) is 4.01. The van der Waals surface area contributed by atoms with Gasteiger partial charge in [-0.2, -0.15) is 0 Å². The molecule has 1 atom stereocenters. The molecular formula is C21H26O3. The number of benzene rings is 2. The number of unbranched alkanes of at least 4 members (excludes halogenated alkanes) is 1. The van der Waals surface area contributed by atoms with Gasteiger partial charge in [-0.05, 0) is 56.0 Å². The predicted octanol–water partition coefficient (Wildman–Crippen LogP) is 5.35. The molecule has 0 saturated heterocycles.